The molecule has 0 amide bonds. The highest BCUT2D eigenvalue weighted by atomic mass is 15.1. The molecule has 0 bridgehead atoms. The molecular weight excluding hydrogens is 268 g/mol. The zero-order valence-corrected chi connectivity index (χ0v) is 13.0. The lowest BCUT2D eigenvalue weighted by Crippen LogP contribution is -2.36. The first kappa shape index (κ1) is 13.6. The van der Waals surface area contributed by atoms with E-state index >= 15 is 0 Å². The molecule has 3 aromatic rings. The van der Waals surface area contributed by atoms with Crippen molar-refractivity contribution < 1.29 is 0 Å². The highest BCUT2D eigenvalue weighted by Gasteiger charge is 2.20. The first-order valence-corrected chi connectivity index (χ1v) is 8.16. The van der Waals surface area contributed by atoms with Gasteiger partial charge in [-0.1, -0.05) is 42.0 Å². The summed E-state index contributed by atoms with van der Waals surface area (Å²) >= 11 is 0. The van der Waals surface area contributed by atoms with Crippen molar-refractivity contribution in [2.24, 2.45) is 0 Å². The van der Waals surface area contributed by atoms with Crippen molar-refractivity contribution in [3.63, 3.8) is 0 Å². The van der Waals surface area contributed by atoms with Gasteiger partial charge in [0.1, 0.15) is 0 Å². The first-order chi connectivity index (χ1) is 10.8. The molecule has 0 saturated carbocycles. The Morgan fingerprint density at radius 2 is 1.95 bits per heavy atom. The molecule has 0 aliphatic carbocycles. The van der Waals surface area contributed by atoms with E-state index in [0.29, 0.717) is 6.04 Å². The Morgan fingerprint density at radius 3 is 2.82 bits per heavy atom. The van der Waals surface area contributed by atoms with Crippen LogP contribution in [0.1, 0.15) is 23.2 Å². The second kappa shape index (κ2) is 5.62. The average Bonchev–Trinajstić information content (AvgIpc) is 2.90. The van der Waals surface area contributed by atoms with Gasteiger partial charge in [0.2, 0.25) is 0 Å². The molecule has 2 aromatic carbocycles. The van der Waals surface area contributed by atoms with Crippen molar-refractivity contribution in [1.82, 2.24) is 9.88 Å². The maximum Gasteiger partial charge on any atom is 0.0483 e. The SMILES string of the molecule is Cc1ccc2c(c1)cc1n2C[C@H](NCc2ccccc2)CC1. The molecule has 0 fully saturated rings. The number of hydrogen-bond acceptors (Lipinski definition) is 1. The molecular formula is C20H22N2. The fourth-order valence-electron chi connectivity index (χ4n) is 3.53. The second-order valence-corrected chi connectivity index (χ2v) is 6.41. The molecule has 0 spiro atoms. The summed E-state index contributed by atoms with van der Waals surface area (Å²) in [6.07, 6.45) is 2.39. The van der Waals surface area contributed by atoms with Crippen molar-refractivity contribution in [2.45, 2.75) is 38.9 Å². The van der Waals surface area contributed by atoms with Crippen LogP contribution in [0.4, 0.5) is 0 Å². The van der Waals surface area contributed by atoms with Gasteiger partial charge in [0.05, 0.1) is 0 Å². The lowest BCUT2D eigenvalue weighted by atomic mass is 10.0. The molecule has 2 nitrogen and oxygen atoms in total. The Labute approximate surface area is 131 Å². The van der Waals surface area contributed by atoms with Gasteiger partial charge in [-0.2, -0.15) is 0 Å². The summed E-state index contributed by atoms with van der Waals surface area (Å²) < 4.78 is 2.50. The highest BCUT2D eigenvalue weighted by Crippen LogP contribution is 2.26. The number of fused-ring (bicyclic) bond motifs is 3. The average molecular weight is 290 g/mol. The van der Waals surface area contributed by atoms with Crippen LogP contribution in [0.15, 0.2) is 54.6 Å². The van der Waals surface area contributed by atoms with Gasteiger partial charge in [-0.05, 0) is 43.5 Å². The van der Waals surface area contributed by atoms with E-state index in [4.69, 9.17) is 0 Å². The number of nitrogens with one attached hydrogen (secondary N) is 1. The van der Waals surface area contributed by atoms with E-state index in [9.17, 15) is 0 Å². The monoisotopic (exact) mass is 290 g/mol. The Hall–Kier alpha value is -2.06. The molecule has 1 atom stereocenters. The number of nitrogens with zero attached hydrogens (tertiary/aromatic N) is 1. The summed E-state index contributed by atoms with van der Waals surface area (Å²) in [4.78, 5) is 0. The molecule has 1 aromatic heterocycles. The van der Waals surface area contributed by atoms with Crippen LogP contribution in [0, 0.1) is 6.92 Å². The van der Waals surface area contributed by atoms with Gasteiger partial charge < -0.3 is 9.88 Å². The molecule has 0 radical (unpaired) electrons. The molecule has 0 saturated heterocycles. The van der Waals surface area contributed by atoms with E-state index in [-0.39, 0.29) is 0 Å². The predicted molar refractivity (Wildman–Crippen MR) is 92.1 cm³/mol. The van der Waals surface area contributed by atoms with Crippen LogP contribution >= 0.6 is 0 Å². The van der Waals surface area contributed by atoms with Gasteiger partial charge >= 0.3 is 0 Å². The van der Waals surface area contributed by atoms with Crippen LogP contribution < -0.4 is 5.32 Å². The molecule has 4 rings (SSSR count). The van der Waals surface area contributed by atoms with Crippen LogP contribution in [0.2, 0.25) is 0 Å². The van der Waals surface area contributed by atoms with Crippen LogP contribution in [-0.2, 0) is 19.5 Å². The third kappa shape index (κ3) is 2.55. The maximum atomic E-state index is 3.72. The van der Waals surface area contributed by atoms with E-state index in [0.717, 1.165) is 13.1 Å². The Kier molecular flexibility index (Phi) is 3.47. The standard InChI is InChI=1S/C20H22N2/c1-15-7-10-20-17(11-15)12-19-9-8-18(14-22(19)20)21-13-16-5-3-2-4-6-16/h2-7,10-12,18,21H,8-9,13-14H2,1H3/t18-/m1/s1. The normalized spacial score (nSPS) is 17.6. The molecule has 2 heterocycles. The molecule has 2 heteroatoms. The third-order valence-electron chi connectivity index (χ3n) is 4.73. The van der Waals surface area contributed by atoms with E-state index in [1.807, 2.05) is 0 Å². The Morgan fingerprint density at radius 1 is 1.09 bits per heavy atom. The zero-order chi connectivity index (χ0) is 14.9. The van der Waals surface area contributed by atoms with Crippen molar-refractivity contribution in [2.75, 3.05) is 0 Å². The van der Waals surface area contributed by atoms with E-state index in [1.54, 1.807) is 0 Å². The van der Waals surface area contributed by atoms with Crippen LogP contribution in [-0.4, -0.2) is 10.6 Å². The third-order valence-corrected chi connectivity index (χ3v) is 4.73. The zero-order valence-electron chi connectivity index (χ0n) is 13.0. The fraction of sp³-hybridized carbons (Fsp3) is 0.300. The summed E-state index contributed by atoms with van der Waals surface area (Å²) in [5.41, 5.74) is 5.57. The van der Waals surface area contributed by atoms with Gasteiger partial charge in [0, 0.05) is 35.7 Å². The maximum absolute atomic E-state index is 3.72. The molecule has 1 aliphatic heterocycles. The Balaban J connectivity index is 1.52. The van der Waals surface area contributed by atoms with E-state index in [2.05, 4.69) is 71.4 Å². The number of benzene rings is 2. The number of aromatic nitrogens is 1. The smallest absolute Gasteiger partial charge is 0.0483 e. The van der Waals surface area contributed by atoms with E-state index < -0.39 is 0 Å². The Bertz CT molecular complexity index is 786. The highest BCUT2D eigenvalue weighted by molar-refractivity contribution is 5.82. The van der Waals surface area contributed by atoms with Gasteiger partial charge in [-0.25, -0.2) is 0 Å². The van der Waals surface area contributed by atoms with Crippen LogP contribution in [0.5, 0.6) is 0 Å². The second-order valence-electron chi connectivity index (χ2n) is 6.41. The quantitative estimate of drug-likeness (QED) is 0.770. The minimum atomic E-state index is 0.560. The van der Waals surface area contributed by atoms with Crippen LogP contribution in [0.25, 0.3) is 10.9 Å². The van der Waals surface area contributed by atoms with Crippen molar-refractivity contribution in [3.05, 3.63) is 71.4 Å². The molecule has 1 aliphatic rings. The van der Waals surface area contributed by atoms with Gasteiger partial charge in [0.15, 0.2) is 0 Å². The molecule has 22 heavy (non-hydrogen) atoms. The molecule has 112 valence electrons. The number of aryl methyl sites for hydroxylation is 2. The largest absolute Gasteiger partial charge is 0.343 e. The van der Waals surface area contributed by atoms with E-state index in [1.165, 1.54) is 40.6 Å². The summed E-state index contributed by atoms with van der Waals surface area (Å²) in [5.74, 6) is 0. The summed E-state index contributed by atoms with van der Waals surface area (Å²) in [6, 6.07) is 20.4. The minimum absolute atomic E-state index is 0.560. The summed E-state index contributed by atoms with van der Waals surface area (Å²) in [7, 11) is 0. The summed E-state index contributed by atoms with van der Waals surface area (Å²) in [6.45, 7) is 4.20. The summed E-state index contributed by atoms with van der Waals surface area (Å²) in [5, 5.41) is 5.11. The number of hydrogen-bond donors (Lipinski definition) is 1. The lowest BCUT2D eigenvalue weighted by molar-refractivity contribution is 0.389. The van der Waals surface area contributed by atoms with Gasteiger partial charge in [-0.3, -0.25) is 0 Å². The minimum Gasteiger partial charge on any atom is -0.343 e. The van der Waals surface area contributed by atoms with Gasteiger partial charge in [0.25, 0.3) is 0 Å². The fourth-order valence-corrected chi connectivity index (χ4v) is 3.53. The predicted octanol–water partition coefficient (Wildman–Crippen LogP) is 4.05. The lowest BCUT2D eigenvalue weighted by Gasteiger charge is -2.26. The van der Waals surface area contributed by atoms with Crippen LogP contribution in [0.3, 0.4) is 0 Å². The molecule has 1 N–H and O–H groups in total. The topological polar surface area (TPSA) is 17.0 Å². The number of rotatable bonds is 3. The van der Waals surface area contributed by atoms with Gasteiger partial charge in [-0.15, -0.1) is 0 Å². The molecule has 0 unspecified atom stereocenters. The first-order valence-electron chi connectivity index (χ1n) is 8.16. The van der Waals surface area contributed by atoms with Crippen molar-refractivity contribution in [3.8, 4) is 0 Å². The van der Waals surface area contributed by atoms with Crippen molar-refractivity contribution in [1.29, 1.82) is 0 Å². The van der Waals surface area contributed by atoms with Crippen molar-refractivity contribution >= 4 is 10.9 Å².